The topological polar surface area (TPSA) is 69.4 Å². The maximum atomic E-state index is 11.4. The zero-order valence-corrected chi connectivity index (χ0v) is 7.64. The highest BCUT2D eigenvalue weighted by Gasteiger charge is 2.42. The Morgan fingerprint density at radius 1 is 1.71 bits per heavy atom. The Balaban J connectivity index is 2.86. The zero-order chi connectivity index (χ0) is 10.6. The van der Waals surface area contributed by atoms with E-state index in [0.29, 0.717) is 19.4 Å². The van der Waals surface area contributed by atoms with E-state index in [4.69, 9.17) is 4.74 Å². The number of carbonyl (C=O) groups is 1. The van der Waals surface area contributed by atoms with Gasteiger partial charge in [0.2, 0.25) is 6.20 Å². The number of hydrogen-bond acceptors (Lipinski definition) is 4. The number of nitro groups is 1. The third-order valence-corrected chi connectivity index (χ3v) is 2.21. The van der Waals surface area contributed by atoms with Crippen LogP contribution in [0.4, 0.5) is 0 Å². The highest BCUT2D eigenvalue weighted by molar-refractivity contribution is 5.81. The molecule has 1 saturated heterocycles. The highest BCUT2D eigenvalue weighted by Crippen LogP contribution is 2.35. The number of allylic oxidation sites excluding steroid dienone is 1. The first-order valence-electron chi connectivity index (χ1n) is 4.22. The summed E-state index contributed by atoms with van der Waals surface area (Å²) in [6.45, 7) is 3.83. The van der Waals surface area contributed by atoms with Crippen molar-refractivity contribution in [3.8, 4) is 0 Å². The predicted molar refractivity (Wildman–Crippen MR) is 49.0 cm³/mol. The van der Waals surface area contributed by atoms with Gasteiger partial charge in [0.25, 0.3) is 0 Å². The van der Waals surface area contributed by atoms with Crippen molar-refractivity contribution in [3.05, 3.63) is 35.0 Å². The van der Waals surface area contributed by atoms with E-state index >= 15 is 0 Å². The molecule has 0 saturated carbocycles. The SMILES string of the molecule is C=CC[C@@]1(/C=C/[N+](=O)[O-])CCOC1=O. The van der Waals surface area contributed by atoms with Gasteiger partial charge >= 0.3 is 5.97 Å². The van der Waals surface area contributed by atoms with Crippen LogP contribution < -0.4 is 0 Å². The largest absolute Gasteiger partial charge is 0.465 e. The average Bonchev–Trinajstić information content (AvgIpc) is 2.46. The maximum Gasteiger partial charge on any atom is 0.316 e. The summed E-state index contributed by atoms with van der Waals surface area (Å²) in [5.41, 5.74) is -0.866. The minimum Gasteiger partial charge on any atom is -0.465 e. The molecule has 0 aromatic carbocycles. The Bertz CT molecular complexity index is 297. The average molecular weight is 197 g/mol. The molecule has 1 aliphatic heterocycles. The lowest BCUT2D eigenvalue weighted by molar-refractivity contribution is -0.403. The summed E-state index contributed by atoms with van der Waals surface area (Å²) in [6.07, 6.45) is 4.50. The van der Waals surface area contributed by atoms with Crippen molar-refractivity contribution >= 4 is 5.97 Å². The van der Waals surface area contributed by atoms with E-state index in [1.165, 1.54) is 6.08 Å². The van der Waals surface area contributed by atoms with Crippen molar-refractivity contribution in [2.24, 2.45) is 5.41 Å². The third-order valence-electron chi connectivity index (χ3n) is 2.21. The van der Waals surface area contributed by atoms with Crippen molar-refractivity contribution in [2.45, 2.75) is 12.8 Å². The molecule has 0 unspecified atom stereocenters. The van der Waals surface area contributed by atoms with Crippen LogP contribution in [0.5, 0.6) is 0 Å². The van der Waals surface area contributed by atoms with Gasteiger partial charge in [-0.05, 0) is 6.42 Å². The van der Waals surface area contributed by atoms with E-state index in [-0.39, 0.29) is 0 Å². The third kappa shape index (κ3) is 1.99. The van der Waals surface area contributed by atoms with Crippen molar-refractivity contribution < 1.29 is 14.5 Å². The van der Waals surface area contributed by atoms with Gasteiger partial charge < -0.3 is 4.74 Å². The molecule has 0 bridgehead atoms. The van der Waals surface area contributed by atoms with Crippen molar-refractivity contribution in [1.29, 1.82) is 0 Å². The molecular formula is C9H11NO4. The molecule has 0 aromatic rings. The van der Waals surface area contributed by atoms with Gasteiger partial charge in [-0.2, -0.15) is 0 Å². The molecule has 0 aromatic heterocycles. The van der Waals surface area contributed by atoms with E-state index in [0.717, 1.165) is 6.20 Å². The maximum absolute atomic E-state index is 11.4. The van der Waals surface area contributed by atoms with E-state index < -0.39 is 16.3 Å². The van der Waals surface area contributed by atoms with E-state index in [1.54, 1.807) is 6.08 Å². The summed E-state index contributed by atoms with van der Waals surface area (Å²) in [5.74, 6) is -0.407. The van der Waals surface area contributed by atoms with Crippen molar-refractivity contribution in [2.75, 3.05) is 6.61 Å². The molecule has 0 aliphatic carbocycles. The fourth-order valence-corrected chi connectivity index (χ4v) is 1.44. The highest BCUT2D eigenvalue weighted by atomic mass is 16.6. The molecule has 76 valence electrons. The molecule has 1 rings (SSSR count). The first-order chi connectivity index (χ1) is 6.60. The lowest BCUT2D eigenvalue weighted by Crippen LogP contribution is -2.23. The van der Waals surface area contributed by atoms with Crippen LogP contribution in [-0.2, 0) is 9.53 Å². The molecule has 1 fully saturated rings. The van der Waals surface area contributed by atoms with E-state index in [2.05, 4.69) is 6.58 Å². The van der Waals surface area contributed by atoms with Crippen molar-refractivity contribution in [1.82, 2.24) is 0 Å². The zero-order valence-electron chi connectivity index (χ0n) is 7.64. The van der Waals surface area contributed by atoms with Crippen molar-refractivity contribution in [3.63, 3.8) is 0 Å². The first-order valence-corrected chi connectivity index (χ1v) is 4.22. The molecule has 0 radical (unpaired) electrons. The van der Waals surface area contributed by atoms with Crippen LogP contribution in [0.2, 0.25) is 0 Å². The summed E-state index contributed by atoms with van der Waals surface area (Å²) >= 11 is 0. The van der Waals surface area contributed by atoms with Gasteiger partial charge in [0.05, 0.1) is 16.9 Å². The molecule has 1 aliphatic rings. The van der Waals surface area contributed by atoms with Crippen LogP contribution in [0, 0.1) is 15.5 Å². The van der Waals surface area contributed by atoms with Crippen LogP contribution in [-0.4, -0.2) is 17.5 Å². The Kier molecular flexibility index (Phi) is 3.01. The Morgan fingerprint density at radius 2 is 2.43 bits per heavy atom. The van der Waals surface area contributed by atoms with Gasteiger partial charge in [0.1, 0.15) is 0 Å². The van der Waals surface area contributed by atoms with E-state index in [1.807, 2.05) is 0 Å². The number of rotatable bonds is 4. The number of hydrogen-bond donors (Lipinski definition) is 0. The number of ether oxygens (including phenoxy) is 1. The standard InChI is InChI=1S/C9H11NO4/c1-2-3-9(4-6-10(12)13)5-7-14-8(9)11/h2,4,6H,1,3,5,7H2/b6-4+/t9-/m1/s1. The molecule has 5 nitrogen and oxygen atoms in total. The number of cyclic esters (lactones) is 1. The minimum absolute atomic E-state index is 0.314. The lowest BCUT2D eigenvalue weighted by atomic mass is 9.83. The smallest absolute Gasteiger partial charge is 0.316 e. The monoisotopic (exact) mass is 197 g/mol. The van der Waals surface area contributed by atoms with Crippen LogP contribution in [0.25, 0.3) is 0 Å². The molecule has 0 spiro atoms. The number of nitrogens with zero attached hydrogens (tertiary/aromatic N) is 1. The number of carbonyl (C=O) groups excluding carboxylic acids is 1. The Labute approximate surface area is 81.2 Å². The Hall–Kier alpha value is -1.65. The van der Waals surface area contributed by atoms with Gasteiger partial charge in [-0.25, -0.2) is 0 Å². The van der Waals surface area contributed by atoms with Crippen LogP contribution in [0.1, 0.15) is 12.8 Å². The molecule has 0 amide bonds. The van der Waals surface area contributed by atoms with Crippen LogP contribution in [0.3, 0.4) is 0 Å². The van der Waals surface area contributed by atoms with Gasteiger partial charge in [-0.15, -0.1) is 6.58 Å². The molecular weight excluding hydrogens is 186 g/mol. The molecule has 1 atom stereocenters. The predicted octanol–water partition coefficient (Wildman–Crippen LogP) is 1.29. The normalized spacial score (nSPS) is 26.4. The molecule has 5 heteroatoms. The minimum atomic E-state index is -0.866. The van der Waals surface area contributed by atoms with Crippen LogP contribution >= 0.6 is 0 Å². The van der Waals surface area contributed by atoms with E-state index in [9.17, 15) is 14.9 Å². The first kappa shape index (κ1) is 10.4. The fourth-order valence-electron chi connectivity index (χ4n) is 1.44. The summed E-state index contributed by atoms with van der Waals surface area (Å²) < 4.78 is 4.79. The summed E-state index contributed by atoms with van der Waals surface area (Å²) in [7, 11) is 0. The van der Waals surface area contributed by atoms with Gasteiger partial charge in [0, 0.05) is 12.5 Å². The molecule has 1 heterocycles. The van der Waals surface area contributed by atoms with Gasteiger partial charge in [-0.1, -0.05) is 6.08 Å². The second kappa shape index (κ2) is 4.04. The van der Waals surface area contributed by atoms with Gasteiger partial charge in [-0.3, -0.25) is 14.9 Å². The lowest BCUT2D eigenvalue weighted by Gasteiger charge is -2.16. The number of esters is 1. The Morgan fingerprint density at radius 3 is 2.86 bits per heavy atom. The molecule has 0 N–H and O–H groups in total. The summed E-state index contributed by atoms with van der Waals surface area (Å²) in [5, 5.41) is 10.1. The van der Waals surface area contributed by atoms with Gasteiger partial charge in [0.15, 0.2) is 0 Å². The van der Waals surface area contributed by atoms with Crippen LogP contribution in [0.15, 0.2) is 24.9 Å². The fraction of sp³-hybridized carbons (Fsp3) is 0.444. The summed E-state index contributed by atoms with van der Waals surface area (Å²) in [4.78, 5) is 20.9. The summed E-state index contributed by atoms with van der Waals surface area (Å²) in [6, 6.07) is 0. The second-order valence-corrected chi connectivity index (χ2v) is 3.14. The molecule has 14 heavy (non-hydrogen) atoms. The quantitative estimate of drug-likeness (QED) is 0.294. The second-order valence-electron chi connectivity index (χ2n) is 3.14.